The molecule has 0 N–H and O–H groups in total. The van der Waals surface area contributed by atoms with E-state index in [2.05, 4.69) is 6.07 Å². The summed E-state index contributed by atoms with van der Waals surface area (Å²) in [6, 6.07) is 6.14. The first kappa shape index (κ1) is 15.0. The molecule has 0 aliphatic carbocycles. The summed E-state index contributed by atoms with van der Waals surface area (Å²) in [6.45, 7) is 5.21. The number of likely N-dealkylation sites (N-methyl/N-ethyl adjacent to an activating group) is 1. The van der Waals surface area contributed by atoms with Gasteiger partial charge in [0.2, 0.25) is 0 Å². The van der Waals surface area contributed by atoms with Crippen molar-refractivity contribution < 1.29 is 14.3 Å². The molecular weight excluding hydrogens is 254 g/mol. The van der Waals surface area contributed by atoms with Crippen molar-refractivity contribution in [1.29, 1.82) is 0 Å². The fourth-order valence-electron chi connectivity index (χ4n) is 2.77. The van der Waals surface area contributed by atoms with Crippen molar-refractivity contribution in [3.63, 3.8) is 0 Å². The highest BCUT2D eigenvalue weighted by Gasteiger charge is 2.42. The maximum Gasteiger partial charge on any atom is 0.259 e. The Balaban J connectivity index is 2.26. The first-order valence-corrected chi connectivity index (χ1v) is 6.98. The molecule has 1 saturated heterocycles. The van der Waals surface area contributed by atoms with E-state index in [0.717, 1.165) is 16.8 Å². The van der Waals surface area contributed by atoms with Crippen molar-refractivity contribution in [3.05, 3.63) is 29.3 Å². The number of hydrogen-bond donors (Lipinski definition) is 0. The molecule has 0 unspecified atom stereocenters. The van der Waals surface area contributed by atoms with E-state index in [0.29, 0.717) is 26.1 Å². The minimum Gasteiger partial charge on any atom is -0.381 e. The van der Waals surface area contributed by atoms with Gasteiger partial charge in [-0.2, -0.15) is 0 Å². The standard InChI is InChI=1S/C16H23NO3/c1-12-9-13(2)11-14(10-12)17(3)15(18)16(19-4)5-7-20-8-6-16/h9-11H,5-8H2,1-4H3. The Bertz CT molecular complexity index is 472. The van der Waals surface area contributed by atoms with Gasteiger partial charge in [-0.3, -0.25) is 4.79 Å². The van der Waals surface area contributed by atoms with Crippen molar-refractivity contribution in [1.82, 2.24) is 0 Å². The van der Waals surface area contributed by atoms with Gasteiger partial charge in [-0.15, -0.1) is 0 Å². The van der Waals surface area contributed by atoms with Crippen molar-refractivity contribution in [2.75, 3.05) is 32.3 Å². The summed E-state index contributed by atoms with van der Waals surface area (Å²) in [6.07, 6.45) is 1.22. The average Bonchev–Trinajstić information content (AvgIpc) is 2.45. The van der Waals surface area contributed by atoms with Crippen LogP contribution in [0.2, 0.25) is 0 Å². The van der Waals surface area contributed by atoms with Crippen LogP contribution in [0.15, 0.2) is 18.2 Å². The van der Waals surface area contributed by atoms with Gasteiger partial charge in [0.15, 0.2) is 5.60 Å². The van der Waals surface area contributed by atoms with Crippen LogP contribution in [0.1, 0.15) is 24.0 Å². The van der Waals surface area contributed by atoms with Crippen LogP contribution < -0.4 is 4.90 Å². The lowest BCUT2D eigenvalue weighted by atomic mass is 9.92. The summed E-state index contributed by atoms with van der Waals surface area (Å²) < 4.78 is 10.9. The quantitative estimate of drug-likeness (QED) is 0.852. The summed E-state index contributed by atoms with van der Waals surface area (Å²) in [7, 11) is 3.42. The summed E-state index contributed by atoms with van der Waals surface area (Å²) in [5, 5.41) is 0. The molecule has 0 saturated carbocycles. The van der Waals surface area contributed by atoms with Gasteiger partial charge in [-0.1, -0.05) is 6.07 Å². The van der Waals surface area contributed by atoms with E-state index in [4.69, 9.17) is 9.47 Å². The number of hydrogen-bond acceptors (Lipinski definition) is 3. The van der Waals surface area contributed by atoms with Gasteiger partial charge >= 0.3 is 0 Å². The number of carbonyl (C=O) groups excluding carboxylic acids is 1. The molecule has 2 rings (SSSR count). The van der Waals surface area contributed by atoms with Crippen LogP contribution in [-0.2, 0) is 14.3 Å². The molecule has 4 heteroatoms. The smallest absolute Gasteiger partial charge is 0.259 e. The van der Waals surface area contributed by atoms with Crippen LogP contribution in [0.5, 0.6) is 0 Å². The molecule has 0 spiro atoms. The fourth-order valence-corrected chi connectivity index (χ4v) is 2.77. The summed E-state index contributed by atoms with van der Waals surface area (Å²) in [4.78, 5) is 14.5. The van der Waals surface area contributed by atoms with Crippen molar-refractivity contribution in [2.24, 2.45) is 0 Å². The van der Waals surface area contributed by atoms with Crippen molar-refractivity contribution in [2.45, 2.75) is 32.3 Å². The molecule has 4 nitrogen and oxygen atoms in total. The SMILES string of the molecule is COC1(C(=O)N(C)c2cc(C)cc(C)c2)CCOCC1. The molecule has 0 aromatic heterocycles. The number of ether oxygens (including phenoxy) is 2. The van der Waals surface area contributed by atoms with Gasteiger partial charge in [-0.05, 0) is 37.1 Å². The molecule has 0 bridgehead atoms. The Labute approximate surface area is 120 Å². The van der Waals surface area contributed by atoms with E-state index in [1.807, 2.05) is 33.0 Å². The highest BCUT2D eigenvalue weighted by atomic mass is 16.5. The summed E-state index contributed by atoms with van der Waals surface area (Å²) >= 11 is 0. The number of rotatable bonds is 3. The molecule has 1 aliphatic rings. The number of amides is 1. The Morgan fingerprint density at radius 3 is 2.25 bits per heavy atom. The maximum absolute atomic E-state index is 12.8. The molecule has 0 radical (unpaired) electrons. The molecule has 1 aromatic carbocycles. The predicted molar refractivity (Wildman–Crippen MR) is 79.1 cm³/mol. The first-order valence-electron chi connectivity index (χ1n) is 6.98. The molecule has 1 amide bonds. The van der Waals surface area contributed by atoms with E-state index in [-0.39, 0.29) is 5.91 Å². The molecule has 20 heavy (non-hydrogen) atoms. The lowest BCUT2D eigenvalue weighted by Crippen LogP contribution is -2.52. The highest BCUT2D eigenvalue weighted by molar-refractivity contribution is 5.99. The van der Waals surface area contributed by atoms with Crippen molar-refractivity contribution >= 4 is 11.6 Å². The van der Waals surface area contributed by atoms with Crippen LogP contribution >= 0.6 is 0 Å². The molecule has 110 valence electrons. The van der Waals surface area contributed by atoms with Gasteiger partial charge < -0.3 is 14.4 Å². The Kier molecular flexibility index (Phi) is 4.45. The minimum absolute atomic E-state index is 0.00769. The molecule has 1 aliphatic heterocycles. The number of anilines is 1. The zero-order valence-electron chi connectivity index (χ0n) is 12.7. The Morgan fingerprint density at radius 2 is 1.75 bits per heavy atom. The third-order valence-electron chi connectivity index (χ3n) is 3.98. The van der Waals surface area contributed by atoms with Crippen LogP contribution in [-0.4, -0.2) is 38.9 Å². The molecule has 0 atom stereocenters. The van der Waals surface area contributed by atoms with Crippen LogP contribution in [0.4, 0.5) is 5.69 Å². The zero-order valence-corrected chi connectivity index (χ0v) is 12.7. The van der Waals surface area contributed by atoms with Crippen LogP contribution in [0, 0.1) is 13.8 Å². The van der Waals surface area contributed by atoms with E-state index < -0.39 is 5.60 Å². The number of methoxy groups -OCH3 is 1. The number of nitrogens with zero attached hydrogens (tertiary/aromatic N) is 1. The minimum atomic E-state index is -0.745. The van der Waals surface area contributed by atoms with Crippen molar-refractivity contribution in [3.8, 4) is 0 Å². The third-order valence-corrected chi connectivity index (χ3v) is 3.98. The molecule has 1 fully saturated rings. The lowest BCUT2D eigenvalue weighted by Gasteiger charge is -2.37. The van der Waals surface area contributed by atoms with Gasteiger partial charge in [0.1, 0.15) is 0 Å². The number of carbonyl (C=O) groups is 1. The average molecular weight is 277 g/mol. The Morgan fingerprint density at radius 1 is 1.20 bits per heavy atom. The van der Waals surface area contributed by atoms with Gasteiger partial charge in [0.05, 0.1) is 0 Å². The normalized spacial score (nSPS) is 17.8. The van der Waals surface area contributed by atoms with Crippen LogP contribution in [0.3, 0.4) is 0 Å². The largest absolute Gasteiger partial charge is 0.381 e. The first-order chi connectivity index (χ1) is 9.48. The van der Waals surface area contributed by atoms with E-state index in [9.17, 15) is 4.79 Å². The Hall–Kier alpha value is -1.39. The lowest BCUT2D eigenvalue weighted by molar-refractivity contribution is -0.151. The van der Waals surface area contributed by atoms with E-state index in [1.54, 1.807) is 12.0 Å². The monoisotopic (exact) mass is 277 g/mol. The van der Waals surface area contributed by atoms with Gasteiger partial charge in [0, 0.05) is 45.9 Å². The summed E-state index contributed by atoms with van der Waals surface area (Å²) in [5.74, 6) is 0.00769. The second kappa shape index (κ2) is 5.94. The third kappa shape index (κ3) is 2.86. The van der Waals surface area contributed by atoms with Crippen LogP contribution in [0.25, 0.3) is 0 Å². The number of aryl methyl sites for hydroxylation is 2. The molecule has 1 heterocycles. The highest BCUT2D eigenvalue weighted by Crippen LogP contribution is 2.29. The van der Waals surface area contributed by atoms with E-state index >= 15 is 0 Å². The molecular formula is C16H23NO3. The summed E-state index contributed by atoms with van der Waals surface area (Å²) in [5.41, 5.74) is 2.47. The topological polar surface area (TPSA) is 38.8 Å². The predicted octanol–water partition coefficient (Wildman–Crippen LogP) is 2.46. The second-order valence-electron chi connectivity index (χ2n) is 5.52. The second-order valence-corrected chi connectivity index (χ2v) is 5.52. The maximum atomic E-state index is 12.8. The zero-order chi connectivity index (χ0) is 14.8. The number of benzene rings is 1. The van der Waals surface area contributed by atoms with E-state index in [1.165, 1.54) is 0 Å². The molecule has 1 aromatic rings. The van der Waals surface area contributed by atoms with Gasteiger partial charge in [0.25, 0.3) is 5.91 Å². The van der Waals surface area contributed by atoms with Gasteiger partial charge in [-0.25, -0.2) is 0 Å². The fraction of sp³-hybridized carbons (Fsp3) is 0.562.